The zero-order valence-electron chi connectivity index (χ0n) is 14.1. The molecule has 1 aliphatic heterocycles. The molecule has 136 valence electrons. The van der Waals surface area contributed by atoms with Crippen LogP contribution in [0.3, 0.4) is 0 Å². The Kier molecular flexibility index (Phi) is 6.05. The van der Waals surface area contributed by atoms with Crippen LogP contribution in [0, 0.1) is 0 Å². The summed E-state index contributed by atoms with van der Waals surface area (Å²) in [6.07, 6.45) is -0.531. The largest absolute Gasteiger partial charge is 0.444 e. The number of anilines is 1. The first-order valence-electron chi connectivity index (χ1n) is 8.34. The molecule has 0 spiro atoms. The molecule has 2 amide bonds. The number of nitrogens with one attached hydrogen (secondary N) is 2. The van der Waals surface area contributed by atoms with Gasteiger partial charge in [-0.1, -0.05) is 30.3 Å². The molecular weight excluding hydrogens is 336 g/mol. The number of alkyl carbamates (subject to hydrolysis) is 1. The highest BCUT2D eigenvalue weighted by atomic mass is 16.6. The first-order valence-corrected chi connectivity index (χ1v) is 8.34. The average molecular weight is 356 g/mol. The molecule has 1 fully saturated rings. The summed E-state index contributed by atoms with van der Waals surface area (Å²) in [5.41, 5.74) is 1.39. The lowest BCUT2D eigenvalue weighted by molar-refractivity contribution is 0.0828. The number of ether oxygens (including phenoxy) is 3. The highest BCUT2D eigenvalue weighted by Crippen LogP contribution is 2.14. The third kappa shape index (κ3) is 5.49. The number of hydrogen-bond acceptors (Lipinski definition) is 5. The molecule has 1 heterocycles. The van der Waals surface area contributed by atoms with Crippen molar-refractivity contribution in [2.45, 2.75) is 19.1 Å². The summed E-state index contributed by atoms with van der Waals surface area (Å²) < 4.78 is 15.6. The van der Waals surface area contributed by atoms with Crippen LogP contribution in [0.25, 0.3) is 0 Å². The quantitative estimate of drug-likeness (QED) is 0.858. The molecule has 7 heteroatoms. The first kappa shape index (κ1) is 17.8. The smallest absolute Gasteiger partial charge is 0.417 e. The highest BCUT2D eigenvalue weighted by molar-refractivity contribution is 5.86. The van der Waals surface area contributed by atoms with Gasteiger partial charge < -0.3 is 19.5 Å². The van der Waals surface area contributed by atoms with E-state index in [2.05, 4.69) is 10.6 Å². The van der Waals surface area contributed by atoms with Crippen molar-refractivity contribution in [1.82, 2.24) is 5.32 Å². The predicted molar refractivity (Wildman–Crippen MR) is 95.1 cm³/mol. The molecular formula is C19H20N2O5. The van der Waals surface area contributed by atoms with Crippen LogP contribution in [0.1, 0.15) is 12.0 Å². The summed E-state index contributed by atoms with van der Waals surface area (Å²) in [6, 6.07) is 15.9. The second-order valence-electron chi connectivity index (χ2n) is 5.77. The van der Waals surface area contributed by atoms with E-state index in [1.54, 1.807) is 42.5 Å². The number of amides is 2. The molecule has 1 saturated heterocycles. The molecule has 26 heavy (non-hydrogen) atoms. The van der Waals surface area contributed by atoms with Crippen molar-refractivity contribution in [3.05, 3.63) is 60.2 Å². The van der Waals surface area contributed by atoms with E-state index < -0.39 is 12.2 Å². The Bertz CT molecular complexity index is 745. The van der Waals surface area contributed by atoms with E-state index >= 15 is 0 Å². The van der Waals surface area contributed by atoms with Gasteiger partial charge in [0.25, 0.3) is 0 Å². The molecule has 2 N–H and O–H groups in total. The minimum atomic E-state index is -0.582. The van der Waals surface area contributed by atoms with Crippen molar-refractivity contribution in [2.75, 3.05) is 18.5 Å². The Morgan fingerprint density at radius 1 is 1.08 bits per heavy atom. The standard InChI is InChI=1S/C19H20N2O5/c22-18(26-17-9-10-24-13-17)20-12-14-5-4-6-15(11-14)21-19(23)25-16-7-2-1-3-8-16/h1-8,11,17H,9-10,12-13H2,(H,20,22)(H,21,23). The Hall–Kier alpha value is -3.06. The van der Waals surface area contributed by atoms with Gasteiger partial charge in [0.15, 0.2) is 0 Å². The van der Waals surface area contributed by atoms with Crippen molar-refractivity contribution >= 4 is 17.9 Å². The molecule has 1 atom stereocenters. The fourth-order valence-corrected chi connectivity index (χ4v) is 2.47. The maximum absolute atomic E-state index is 11.9. The van der Waals surface area contributed by atoms with Gasteiger partial charge in [-0.25, -0.2) is 9.59 Å². The molecule has 2 aromatic carbocycles. The van der Waals surface area contributed by atoms with Gasteiger partial charge in [-0.2, -0.15) is 0 Å². The third-order valence-corrected chi connectivity index (χ3v) is 3.73. The van der Waals surface area contributed by atoms with Gasteiger partial charge in [0.1, 0.15) is 11.9 Å². The van der Waals surface area contributed by atoms with E-state index in [0.717, 1.165) is 12.0 Å². The zero-order chi connectivity index (χ0) is 18.2. The summed E-state index contributed by atoms with van der Waals surface area (Å²) in [4.78, 5) is 23.7. The van der Waals surface area contributed by atoms with Crippen molar-refractivity contribution in [1.29, 1.82) is 0 Å². The third-order valence-electron chi connectivity index (χ3n) is 3.73. The Morgan fingerprint density at radius 2 is 1.92 bits per heavy atom. The summed E-state index contributed by atoms with van der Waals surface area (Å²) in [5.74, 6) is 0.460. The van der Waals surface area contributed by atoms with Gasteiger partial charge in [-0.05, 0) is 29.8 Å². The number of rotatable bonds is 5. The first-order chi connectivity index (χ1) is 12.7. The van der Waals surface area contributed by atoms with Gasteiger partial charge in [-0.15, -0.1) is 0 Å². The second-order valence-corrected chi connectivity index (χ2v) is 5.77. The number of benzene rings is 2. The van der Waals surface area contributed by atoms with Crippen molar-refractivity contribution < 1.29 is 23.8 Å². The normalized spacial score (nSPS) is 15.9. The van der Waals surface area contributed by atoms with Crippen molar-refractivity contribution in [3.63, 3.8) is 0 Å². The number of carbonyl (C=O) groups is 2. The summed E-state index contributed by atoms with van der Waals surface area (Å²) in [7, 11) is 0. The van der Waals surface area contributed by atoms with Crippen LogP contribution in [0.4, 0.5) is 15.3 Å². The van der Waals surface area contributed by atoms with Crippen molar-refractivity contribution in [3.8, 4) is 5.75 Å². The van der Waals surface area contributed by atoms with Gasteiger partial charge in [0.2, 0.25) is 0 Å². The Labute approximate surface area is 151 Å². The minimum Gasteiger partial charge on any atom is -0.444 e. The van der Waals surface area contributed by atoms with E-state index in [0.29, 0.717) is 24.7 Å². The molecule has 0 bridgehead atoms. The lowest BCUT2D eigenvalue weighted by atomic mass is 10.2. The van der Waals surface area contributed by atoms with Gasteiger partial charge in [-0.3, -0.25) is 5.32 Å². The van der Waals surface area contributed by atoms with Crippen LogP contribution < -0.4 is 15.4 Å². The molecule has 0 radical (unpaired) electrons. The van der Waals surface area contributed by atoms with Crippen molar-refractivity contribution in [2.24, 2.45) is 0 Å². The second kappa shape index (κ2) is 8.87. The SMILES string of the molecule is O=C(Nc1cccc(CNC(=O)OC2CCOC2)c1)Oc1ccccc1. The van der Waals surface area contributed by atoms with Crippen LogP contribution in [0.5, 0.6) is 5.75 Å². The molecule has 1 aliphatic rings. The number of hydrogen-bond donors (Lipinski definition) is 2. The van der Waals surface area contributed by atoms with E-state index in [4.69, 9.17) is 14.2 Å². The topological polar surface area (TPSA) is 85.9 Å². The lowest BCUT2D eigenvalue weighted by Crippen LogP contribution is -2.28. The van der Waals surface area contributed by atoms with Crippen LogP contribution in [-0.4, -0.2) is 31.5 Å². The van der Waals surface area contributed by atoms with E-state index in [1.165, 1.54) is 0 Å². The van der Waals surface area contributed by atoms with E-state index in [9.17, 15) is 9.59 Å². The van der Waals surface area contributed by atoms with Crippen LogP contribution in [-0.2, 0) is 16.0 Å². The molecule has 3 rings (SSSR count). The highest BCUT2D eigenvalue weighted by Gasteiger charge is 2.19. The predicted octanol–water partition coefficient (Wildman–Crippen LogP) is 3.31. The minimum absolute atomic E-state index is 0.184. The average Bonchev–Trinajstić information content (AvgIpc) is 3.14. The van der Waals surface area contributed by atoms with Crippen LogP contribution in [0.15, 0.2) is 54.6 Å². The van der Waals surface area contributed by atoms with E-state index in [-0.39, 0.29) is 12.6 Å². The fourth-order valence-electron chi connectivity index (χ4n) is 2.47. The lowest BCUT2D eigenvalue weighted by Gasteiger charge is -2.12. The molecule has 7 nitrogen and oxygen atoms in total. The molecule has 2 aromatic rings. The van der Waals surface area contributed by atoms with Gasteiger partial charge in [0, 0.05) is 18.7 Å². The molecule has 0 saturated carbocycles. The Balaban J connectivity index is 1.48. The molecule has 0 aromatic heterocycles. The summed E-state index contributed by atoms with van der Waals surface area (Å²) >= 11 is 0. The van der Waals surface area contributed by atoms with Crippen LogP contribution >= 0.6 is 0 Å². The Morgan fingerprint density at radius 3 is 2.69 bits per heavy atom. The number of para-hydroxylation sites is 1. The maximum Gasteiger partial charge on any atom is 0.417 e. The number of carbonyl (C=O) groups excluding carboxylic acids is 2. The maximum atomic E-state index is 11.9. The van der Waals surface area contributed by atoms with Gasteiger partial charge >= 0.3 is 12.2 Å². The summed E-state index contributed by atoms with van der Waals surface area (Å²) in [5, 5.41) is 5.34. The van der Waals surface area contributed by atoms with E-state index in [1.807, 2.05) is 12.1 Å². The fraction of sp³-hybridized carbons (Fsp3) is 0.263. The molecule has 1 unspecified atom stereocenters. The summed E-state index contributed by atoms with van der Waals surface area (Å²) in [6.45, 7) is 1.34. The zero-order valence-corrected chi connectivity index (χ0v) is 14.1. The van der Waals surface area contributed by atoms with Crippen LogP contribution in [0.2, 0.25) is 0 Å². The monoisotopic (exact) mass is 356 g/mol. The molecule has 0 aliphatic carbocycles. The van der Waals surface area contributed by atoms with Gasteiger partial charge in [0.05, 0.1) is 13.2 Å².